The largest absolute Gasteiger partial charge is 0.465 e. The van der Waals surface area contributed by atoms with Crippen molar-refractivity contribution in [2.45, 2.75) is 19.8 Å². The zero-order chi connectivity index (χ0) is 18.9. The number of carbonyl (C=O) groups excluding carboxylic acids is 2. The van der Waals surface area contributed by atoms with Gasteiger partial charge in [0.25, 0.3) is 5.91 Å². The van der Waals surface area contributed by atoms with E-state index in [0.29, 0.717) is 11.5 Å². The van der Waals surface area contributed by atoms with Crippen LogP contribution >= 0.6 is 0 Å². The molecule has 136 valence electrons. The molecule has 6 nitrogen and oxygen atoms in total. The van der Waals surface area contributed by atoms with E-state index in [2.05, 4.69) is 29.1 Å². The molecule has 2 aromatic rings. The van der Waals surface area contributed by atoms with Crippen molar-refractivity contribution in [1.82, 2.24) is 0 Å². The Balaban J connectivity index is 1.85. The molecule has 0 spiro atoms. The van der Waals surface area contributed by atoms with Gasteiger partial charge in [0.05, 0.1) is 18.9 Å². The van der Waals surface area contributed by atoms with E-state index >= 15 is 0 Å². The Morgan fingerprint density at radius 3 is 2.46 bits per heavy atom. The fourth-order valence-corrected chi connectivity index (χ4v) is 2.32. The van der Waals surface area contributed by atoms with Crippen LogP contribution in [0.2, 0.25) is 0 Å². The fourth-order valence-electron chi connectivity index (χ4n) is 2.32. The predicted octanol–water partition coefficient (Wildman–Crippen LogP) is 3.59. The minimum atomic E-state index is -0.400. The third-order valence-electron chi connectivity index (χ3n) is 3.66. The standard InChI is InChI=1S/C20H22N2O4/c1-14(2)17-6-4-5-7-18(17)22-19(23)13-26-21-12-15-8-10-16(11-9-15)20(24)25-3/h4-12,14H,13H2,1-3H3,(H,22,23). The highest BCUT2D eigenvalue weighted by Crippen LogP contribution is 2.23. The molecule has 0 heterocycles. The monoisotopic (exact) mass is 354 g/mol. The number of hydrogen-bond donors (Lipinski definition) is 1. The molecular formula is C20H22N2O4. The summed E-state index contributed by atoms with van der Waals surface area (Å²) in [4.78, 5) is 28.4. The second-order valence-corrected chi connectivity index (χ2v) is 5.91. The molecule has 0 fully saturated rings. The molecule has 0 aliphatic carbocycles. The van der Waals surface area contributed by atoms with Gasteiger partial charge in [0, 0.05) is 5.69 Å². The van der Waals surface area contributed by atoms with Crippen LogP contribution in [0.15, 0.2) is 53.7 Å². The second-order valence-electron chi connectivity index (χ2n) is 5.91. The SMILES string of the molecule is COC(=O)c1ccc(C=NOCC(=O)Nc2ccccc2C(C)C)cc1. The van der Waals surface area contributed by atoms with Crippen molar-refractivity contribution < 1.29 is 19.2 Å². The molecule has 1 N–H and O–H groups in total. The third kappa shape index (κ3) is 5.44. The van der Waals surface area contributed by atoms with Crippen LogP contribution in [0.1, 0.15) is 41.3 Å². The molecule has 0 bridgehead atoms. The van der Waals surface area contributed by atoms with Crippen LogP contribution in [0.25, 0.3) is 0 Å². The Labute approximate surface area is 152 Å². The van der Waals surface area contributed by atoms with Gasteiger partial charge < -0.3 is 14.9 Å². The first-order chi connectivity index (χ1) is 12.5. The van der Waals surface area contributed by atoms with Crippen molar-refractivity contribution in [2.24, 2.45) is 5.16 Å². The number of hydrogen-bond acceptors (Lipinski definition) is 5. The smallest absolute Gasteiger partial charge is 0.337 e. The quantitative estimate of drug-likeness (QED) is 0.468. The zero-order valence-electron chi connectivity index (χ0n) is 15.1. The second kappa shape index (κ2) is 9.36. The number of esters is 1. The average Bonchev–Trinajstić information content (AvgIpc) is 2.65. The summed E-state index contributed by atoms with van der Waals surface area (Å²) >= 11 is 0. The number of carbonyl (C=O) groups is 2. The van der Waals surface area contributed by atoms with E-state index < -0.39 is 5.97 Å². The van der Waals surface area contributed by atoms with Crippen molar-refractivity contribution in [3.05, 3.63) is 65.2 Å². The van der Waals surface area contributed by atoms with Gasteiger partial charge in [0.1, 0.15) is 0 Å². The van der Waals surface area contributed by atoms with Gasteiger partial charge in [-0.3, -0.25) is 4.79 Å². The molecule has 0 aromatic heterocycles. The van der Waals surface area contributed by atoms with E-state index in [1.165, 1.54) is 13.3 Å². The summed E-state index contributed by atoms with van der Waals surface area (Å²) in [7, 11) is 1.33. The summed E-state index contributed by atoms with van der Waals surface area (Å²) in [5.41, 5.74) is 3.03. The Bertz CT molecular complexity index is 783. The number of rotatable bonds is 7. The molecule has 0 saturated heterocycles. The molecule has 0 saturated carbocycles. The number of para-hydroxylation sites is 1. The van der Waals surface area contributed by atoms with Crippen LogP contribution < -0.4 is 5.32 Å². The van der Waals surface area contributed by atoms with Crippen molar-refractivity contribution in [3.63, 3.8) is 0 Å². The van der Waals surface area contributed by atoms with Crippen LogP contribution in [0.3, 0.4) is 0 Å². The number of anilines is 1. The van der Waals surface area contributed by atoms with E-state index in [1.807, 2.05) is 24.3 Å². The molecular weight excluding hydrogens is 332 g/mol. The van der Waals surface area contributed by atoms with Crippen LogP contribution in [0.4, 0.5) is 5.69 Å². The molecule has 6 heteroatoms. The number of benzene rings is 2. The molecule has 0 atom stereocenters. The average molecular weight is 354 g/mol. The number of oxime groups is 1. The summed E-state index contributed by atoms with van der Waals surface area (Å²) in [6.07, 6.45) is 1.47. The lowest BCUT2D eigenvalue weighted by molar-refractivity contribution is -0.120. The third-order valence-corrected chi connectivity index (χ3v) is 3.66. The number of nitrogens with zero attached hydrogens (tertiary/aromatic N) is 1. The normalized spacial score (nSPS) is 10.8. The van der Waals surface area contributed by atoms with Gasteiger partial charge in [-0.2, -0.15) is 0 Å². The molecule has 0 aliphatic heterocycles. The zero-order valence-corrected chi connectivity index (χ0v) is 15.1. The van der Waals surface area contributed by atoms with E-state index in [9.17, 15) is 9.59 Å². The predicted molar refractivity (Wildman–Crippen MR) is 100 cm³/mol. The van der Waals surface area contributed by atoms with Crippen molar-refractivity contribution in [2.75, 3.05) is 19.0 Å². The lowest BCUT2D eigenvalue weighted by Gasteiger charge is -2.13. The maximum Gasteiger partial charge on any atom is 0.337 e. The van der Waals surface area contributed by atoms with Gasteiger partial charge >= 0.3 is 5.97 Å². The summed E-state index contributed by atoms with van der Waals surface area (Å²) in [5.74, 6) is -0.377. The van der Waals surface area contributed by atoms with E-state index in [4.69, 9.17) is 4.84 Å². The van der Waals surface area contributed by atoms with Gasteiger partial charge in [-0.05, 0) is 35.2 Å². The summed E-state index contributed by atoms with van der Waals surface area (Å²) in [5, 5.41) is 6.60. The van der Waals surface area contributed by atoms with Gasteiger partial charge in [-0.15, -0.1) is 0 Å². The first-order valence-electron chi connectivity index (χ1n) is 8.23. The van der Waals surface area contributed by atoms with Gasteiger partial charge in [0.2, 0.25) is 0 Å². The highest BCUT2D eigenvalue weighted by Gasteiger charge is 2.09. The van der Waals surface area contributed by atoms with Crippen molar-refractivity contribution in [1.29, 1.82) is 0 Å². The number of ether oxygens (including phenoxy) is 1. The van der Waals surface area contributed by atoms with Crippen LogP contribution in [0.5, 0.6) is 0 Å². The number of amides is 1. The fraction of sp³-hybridized carbons (Fsp3) is 0.250. The maximum absolute atomic E-state index is 12.0. The minimum absolute atomic E-state index is 0.191. The summed E-state index contributed by atoms with van der Waals surface area (Å²) < 4.78 is 4.63. The first kappa shape index (κ1) is 19.2. The lowest BCUT2D eigenvalue weighted by Crippen LogP contribution is -2.18. The topological polar surface area (TPSA) is 77.0 Å². The molecule has 2 aromatic carbocycles. The van der Waals surface area contributed by atoms with Gasteiger partial charge in [0.15, 0.2) is 6.61 Å². The molecule has 26 heavy (non-hydrogen) atoms. The summed E-state index contributed by atoms with van der Waals surface area (Å²) in [6, 6.07) is 14.3. The first-order valence-corrected chi connectivity index (χ1v) is 8.23. The van der Waals surface area contributed by atoms with Crippen LogP contribution in [-0.2, 0) is 14.4 Å². The highest BCUT2D eigenvalue weighted by molar-refractivity contribution is 5.92. The number of nitrogens with one attached hydrogen (secondary N) is 1. The Morgan fingerprint density at radius 1 is 1.12 bits per heavy atom. The Morgan fingerprint density at radius 2 is 1.81 bits per heavy atom. The molecule has 0 radical (unpaired) electrons. The van der Waals surface area contributed by atoms with Crippen LogP contribution in [-0.4, -0.2) is 31.8 Å². The molecule has 0 unspecified atom stereocenters. The van der Waals surface area contributed by atoms with Gasteiger partial charge in [-0.25, -0.2) is 4.79 Å². The van der Waals surface area contributed by atoms with Crippen LogP contribution in [0, 0.1) is 0 Å². The van der Waals surface area contributed by atoms with Crippen molar-refractivity contribution in [3.8, 4) is 0 Å². The lowest BCUT2D eigenvalue weighted by atomic mass is 10.0. The molecule has 2 rings (SSSR count). The number of methoxy groups -OCH3 is 1. The van der Waals surface area contributed by atoms with E-state index in [0.717, 1.165) is 16.8 Å². The minimum Gasteiger partial charge on any atom is -0.465 e. The van der Waals surface area contributed by atoms with E-state index in [-0.39, 0.29) is 12.5 Å². The maximum atomic E-state index is 12.0. The van der Waals surface area contributed by atoms with Crippen molar-refractivity contribution >= 4 is 23.8 Å². The summed E-state index contributed by atoms with van der Waals surface area (Å²) in [6.45, 7) is 3.94. The highest BCUT2D eigenvalue weighted by atomic mass is 16.6. The Kier molecular flexibility index (Phi) is 6.91. The molecule has 1 amide bonds. The Hall–Kier alpha value is -3.15. The van der Waals surface area contributed by atoms with Gasteiger partial charge in [-0.1, -0.05) is 49.3 Å². The molecule has 0 aliphatic rings. The van der Waals surface area contributed by atoms with E-state index in [1.54, 1.807) is 24.3 Å².